The van der Waals surface area contributed by atoms with Crippen LogP contribution in [-0.4, -0.2) is 51.7 Å². The summed E-state index contributed by atoms with van der Waals surface area (Å²) in [6.45, 7) is 16.4. The summed E-state index contributed by atoms with van der Waals surface area (Å²) in [7, 11) is 0. The molecule has 0 aliphatic heterocycles. The molecule has 0 heterocycles. The van der Waals surface area contributed by atoms with Gasteiger partial charge in [0.25, 0.3) is 0 Å². The van der Waals surface area contributed by atoms with Gasteiger partial charge < -0.3 is 19.5 Å². The van der Waals surface area contributed by atoms with E-state index in [1.807, 2.05) is 0 Å². The summed E-state index contributed by atoms with van der Waals surface area (Å²) in [5, 5.41) is 3.52. The number of nitrogens with one attached hydrogen (secondary N) is 1. The standard InChI is InChI=1S/C17H37NO3/c1-6-7-9-19-11-13-21-14-12-20-10-8-16(2)15-18-17(3,4)5/h16,18H,6-15H2,1-5H3. The Morgan fingerprint density at radius 3 is 1.90 bits per heavy atom. The highest BCUT2D eigenvalue weighted by Gasteiger charge is 2.10. The van der Waals surface area contributed by atoms with Gasteiger partial charge in [-0.15, -0.1) is 0 Å². The van der Waals surface area contributed by atoms with Crippen LogP contribution >= 0.6 is 0 Å². The van der Waals surface area contributed by atoms with Crippen LogP contribution in [0.25, 0.3) is 0 Å². The Bertz CT molecular complexity index is 217. The molecule has 0 saturated heterocycles. The van der Waals surface area contributed by atoms with Gasteiger partial charge in [-0.1, -0.05) is 20.3 Å². The summed E-state index contributed by atoms with van der Waals surface area (Å²) in [6, 6.07) is 0. The first-order chi connectivity index (χ1) is 9.95. The van der Waals surface area contributed by atoms with Crippen molar-refractivity contribution in [2.24, 2.45) is 5.92 Å². The zero-order chi connectivity index (χ0) is 16.0. The van der Waals surface area contributed by atoms with Crippen molar-refractivity contribution < 1.29 is 14.2 Å². The molecule has 1 N–H and O–H groups in total. The Hall–Kier alpha value is -0.160. The Labute approximate surface area is 131 Å². The van der Waals surface area contributed by atoms with Crippen LogP contribution in [0.5, 0.6) is 0 Å². The SMILES string of the molecule is CCCCOCCOCCOCCC(C)CNC(C)(C)C. The minimum Gasteiger partial charge on any atom is -0.379 e. The summed E-state index contributed by atoms with van der Waals surface area (Å²) >= 11 is 0. The van der Waals surface area contributed by atoms with Crippen molar-refractivity contribution in [3.8, 4) is 0 Å². The van der Waals surface area contributed by atoms with Crippen LogP contribution in [0.4, 0.5) is 0 Å². The highest BCUT2D eigenvalue weighted by Crippen LogP contribution is 2.04. The van der Waals surface area contributed by atoms with Crippen LogP contribution in [-0.2, 0) is 14.2 Å². The minimum absolute atomic E-state index is 0.197. The minimum atomic E-state index is 0.197. The van der Waals surface area contributed by atoms with Crippen LogP contribution in [0, 0.1) is 5.92 Å². The Morgan fingerprint density at radius 2 is 1.38 bits per heavy atom. The number of unbranched alkanes of at least 4 members (excludes halogenated alkanes) is 1. The molecule has 0 aliphatic carbocycles. The molecule has 128 valence electrons. The van der Waals surface area contributed by atoms with Crippen LogP contribution in [0.1, 0.15) is 53.9 Å². The van der Waals surface area contributed by atoms with E-state index in [4.69, 9.17) is 14.2 Å². The smallest absolute Gasteiger partial charge is 0.0701 e. The first-order valence-electron chi connectivity index (χ1n) is 8.44. The van der Waals surface area contributed by atoms with Crippen molar-refractivity contribution in [3.63, 3.8) is 0 Å². The van der Waals surface area contributed by atoms with Gasteiger partial charge in [0.05, 0.1) is 26.4 Å². The molecule has 0 radical (unpaired) electrons. The quantitative estimate of drug-likeness (QED) is 0.500. The Balaban J connectivity index is 3.18. The molecule has 21 heavy (non-hydrogen) atoms. The molecule has 0 aliphatic rings. The summed E-state index contributed by atoms with van der Waals surface area (Å²) in [5.74, 6) is 0.636. The number of ether oxygens (including phenoxy) is 3. The maximum absolute atomic E-state index is 5.59. The van der Waals surface area contributed by atoms with Crippen LogP contribution < -0.4 is 5.32 Å². The predicted octanol–water partition coefficient (Wildman–Crippen LogP) is 3.25. The van der Waals surface area contributed by atoms with E-state index in [2.05, 4.69) is 39.9 Å². The van der Waals surface area contributed by atoms with Gasteiger partial charge in [-0.2, -0.15) is 0 Å². The molecule has 0 spiro atoms. The molecular formula is C17H37NO3. The lowest BCUT2D eigenvalue weighted by atomic mass is 10.0. The van der Waals surface area contributed by atoms with Gasteiger partial charge in [0.15, 0.2) is 0 Å². The van der Waals surface area contributed by atoms with Crippen molar-refractivity contribution in [1.29, 1.82) is 0 Å². The Kier molecular flexibility index (Phi) is 13.4. The fraction of sp³-hybridized carbons (Fsp3) is 1.00. The number of rotatable bonds is 14. The largest absolute Gasteiger partial charge is 0.379 e. The third-order valence-electron chi connectivity index (χ3n) is 3.12. The van der Waals surface area contributed by atoms with E-state index < -0.39 is 0 Å². The molecule has 1 unspecified atom stereocenters. The molecular weight excluding hydrogens is 266 g/mol. The second-order valence-electron chi connectivity index (χ2n) is 6.72. The molecule has 0 saturated carbocycles. The van der Waals surface area contributed by atoms with E-state index in [0.29, 0.717) is 32.3 Å². The molecule has 0 fully saturated rings. The first kappa shape index (κ1) is 20.8. The summed E-state index contributed by atoms with van der Waals surface area (Å²) in [6.07, 6.45) is 3.40. The zero-order valence-electron chi connectivity index (χ0n) is 14.9. The summed E-state index contributed by atoms with van der Waals surface area (Å²) in [5.41, 5.74) is 0.197. The van der Waals surface area contributed by atoms with Gasteiger partial charge >= 0.3 is 0 Å². The summed E-state index contributed by atoms with van der Waals surface area (Å²) < 4.78 is 16.5. The fourth-order valence-electron chi connectivity index (χ4n) is 1.66. The topological polar surface area (TPSA) is 39.7 Å². The molecule has 0 aromatic rings. The van der Waals surface area contributed by atoms with Crippen molar-refractivity contribution in [2.45, 2.75) is 59.4 Å². The third kappa shape index (κ3) is 17.8. The normalized spacial score (nSPS) is 13.6. The van der Waals surface area contributed by atoms with E-state index in [9.17, 15) is 0 Å². The van der Waals surface area contributed by atoms with Crippen LogP contribution in [0.15, 0.2) is 0 Å². The highest BCUT2D eigenvalue weighted by molar-refractivity contribution is 4.71. The van der Waals surface area contributed by atoms with Crippen molar-refractivity contribution in [2.75, 3.05) is 46.2 Å². The molecule has 4 heteroatoms. The van der Waals surface area contributed by atoms with Gasteiger partial charge in [0.2, 0.25) is 0 Å². The molecule has 4 nitrogen and oxygen atoms in total. The number of hydrogen-bond donors (Lipinski definition) is 1. The van der Waals surface area contributed by atoms with Gasteiger partial charge in [0, 0.05) is 18.8 Å². The second-order valence-corrected chi connectivity index (χ2v) is 6.72. The second kappa shape index (κ2) is 13.5. The summed E-state index contributed by atoms with van der Waals surface area (Å²) in [4.78, 5) is 0. The third-order valence-corrected chi connectivity index (χ3v) is 3.12. The van der Waals surface area contributed by atoms with E-state index >= 15 is 0 Å². The van der Waals surface area contributed by atoms with Gasteiger partial charge in [-0.25, -0.2) is 0 Å². The monoisotopic (exact) mass is 303 g/mol. The molecule has 1 atom stereocenters. The Morgan fingerprint density at radius 1 is 0.857 bits per heavy atom. The molecule has 0 bridgehead atoms. The van der Waals surface area contributed by atoms with Crippen molar-refractivity contribution >= 4 is 0 Å². The van der Waals surface area contributed by atoms with Gasteiger partial charge in [0.1, 0.15) is 0 Å². The highest BCUT2D eigenvalue weighted by atomic mass is 16.5. The first-order valence-corrected chi connectivity index (χ1v) is 8.44. The maximum atomic E-state index is 5.59. The maximum Gasteiger partial charge on any atom is 0.0701 e. The molecule has 0 aromatic carbocycles. The zero-order valence-corrected chi connectivity index (χ0v) is 14.9. The predicted molar refractivity (Wildman–Crippen MR) is 88.9 cm³/mol. The van der Waals surface area contributed by atoms with E-state index in [-0.39, 0.29) is 5.54 Å². The molecule has 0 aromatic heterocycles. The van der Waals surface area contributed by atoms with Crippen molar-refractivity contribution in [3.05, 3.63) is 0 Å². The van der Waals surface area contributed by atoms with Crippen LogP contribution in [0.2, 0.25) is 0 Å². The van der Waals surface area contributed by atoms with Gasteiger partial charge in [-0.05, 0) is 46.1 Å². The molecule has 0 amide bonds. The lowest BCUT2D eigenvalue weighted by molar-refractivity contribution is 0.0120. The average molecular weight is 303 g/mol. The van der Waals surface area contributed by atoms with E-state index in [0.717, 1.165) is 32.6 Å². The fourth-order valence-corrected chi connectivity index (χ4v) is 1.66. The lowest BCUT2D eigenvalue weighted by Gasteiger charge is -2.23. The van der Waals surface area contributed by atoms with Gasteiger partial charge in [-0.3, -0.25) is 0 Å². The molecule has 0 rings (SSSR count). The number of hydrogen-bond acceptors (Lipinski definition) is 4. The van der Waals surface area contributed by atoms with Crippen molar-refractivity contribution in [1.82, 2.24) is 5.32 Å². The van der Waals surface area contributed by atoms with E-state index in [1.54, 1.807) is 0 Å². The lowest BCUT2D eigenvalue weighted by Crippen LogP contribution is -2.38. The van der Waals surface area contributed by atoms with E-state index in [1.165, 1.54) is 6.42 Å². The average Bonchev–Trinajstić information content (AvgIpc) is 2.42. The van der Waals surface area contributed by atoms with Crippen LogP contribution in [0.3, 0.4) is 0 Å².